The molecule has 0 fully saturated rings. The predicted molar refractivity (Wildman–Crippen MR) is 123 cm³/mol. The smallest absolute Gasteiger partial charge is 0.119 e. The Kier molecular flexibility index (Phi) is 4.29. The lowest BCUT2D eigenvalue weighted by molar-refractivity contribution is 0.127. The molecule has 6 rings (SSSR count). The molecule has 3 aromatic carbocycles. The Bertz CT molecular complexity index is 1260. The highest BCUT2D eigenvalue weighted by Gasteiger charge is 2.40. The zero-order valence-corrected chi connectivity index (χ0v) is 17.9. The van der Waals surface area contributed by atoms with Gasteiger partial charge in [-0.3, -0.25) is 4.90 Å². The minimum absolute atomic E-state index is 0.197. The van der Waals surface area contributed by atoms with Gasteiger partial charge in [-0.05, 0) is 65.4 Å². The van der Waals surface area contributed by atoms with Crippen molar-refractivity contribution in [2.75, 3.05) is 20.8 Å². The molecule has 4 heteroatoms. The minimum atomic E-state index is 0.197. The van der Waals surface area contributed by atoms with E-state index in [0.29, 0.717) is 6.04 Å². The Morgan fingerprint density at radius 3 is 2.48 bits per heavy atom. The molecule has 3 heterocycles. The molecule has 0 amide bonds. The van der Waals surface area contributed by atoms with E-state index in [2.05, 4.69) is 76.6 Å². The molecule has 0 saturated heterocycles. The molecule has 0 saturated carbocycles. The van der Waals surface area contributed by atoms with E-state index in [9.17, 15) is 0 Å². The first-order valence-electron chi connectivity index (χ1n) is 10.9. The van der Waals surface area contributed by atoms with Gasteiger partial charge in [-0.2, -0.15) is 0 Å². The lowest BCUT2D eigenvalue weighted by atomic mass is 9.81. The number of hydrogen-bond donors (Lipinski definition) is 1. The van der Waals surface area contributed by atoms with Gasteiger partial charge in [0, 0.05) is 29.2 Å². The summed E-state index contributed by atoms with van der Waals surface area (Å²) in [6.07, 6.45) is 2.05. The standard InChI is InChI=1S/C27H26N2O2/c1-30-19-9-7-17(8-10-19)27-26-23(22-5-3-4-6-24(22)28-26)16-25-21-12-11-20(31-2)15-18(21)13-14-29(25)27/h3-12,15,25,27-28H,13-14,16H2,1-2H3. The second-order valence-electron chi connectivity index (χ2n) is 8.51. The summed E-state index contributed by atoms with van der Waals surface area (Å²) in [5.41, 5.74) is 8.15. The van der Waals surface area contributed by atoms with Crippen LogP contribution in [0.5, 0.6) is 11.5 Å². The first kappa shape index (κ1) is 18.5. The summed E-state index contributed by atoms with van der Waals surface area (Å²) in [4.78, 5) is 6.45. The number of benzene rings is 3. The number of fused-ring (bicyclic) bond motifs is 6. The maximum atomic E-state index is 5.50. The number of H-pyrrole nitrogens is 1. The second kappa shape index (κ2) is 7.17. The van der Waals surface area contributed by atoms with Crippen LogP contribution in [-0.4, -0.2) is 30.6 Å². The maximum Gasteiger partial charge on any atom is 0.119 e. The van der Waals surface area contributed by atoms with Crippen molar-refractivity contribution in [2.24, 2.45) is 0 Å². The lowest BCUT2D eigenvalue weighted by Gasteiger charge is -2.46. The third-order valence-electron chi connectivity index (χ3n) is 7.03. The molecule has 4 aromatic rings. The van der Waals surface area contributed by atoms with Crippen LogP contribution in [0, 0.1) is 0 Å². The van der Waals surface area contributed by atoms with Gasteiger partial charge in [-0.15, -0.1) is 0 Å². The van der Waals surface area contributed by atoms with Crippen molar-refractivity contribution in [3.8, 4) is 11.5 Å². The van der Waals surface area contributed by atoms with Gasteiger partial charge in [0.05, 0.1) is 20.3 Å². The summed E-state index contributed by atoms with van der Waals surface area (Å²) in [6, 6.07) is 24.4. The summed E-state index contributed by atoms with van der Waals surface area (Å²) in [5.74, 6) is 1.84. The van der Waals surface area contributed by atoms with Crippen LogP contribution >= 0.6 is 0 Å². The monoisotopic (exact) mass is 410 g/mol. The predicted octanol–water partition coefficient (Wildman–Crippen LogP) is 5.43. The average molecular weight is 411 g/mol. The van der Waals surface area contributed by atoms with Crippen LogP contribution in [0.25, 0.3) is 10.9 Å². The Morgan fingerprint density at radius 1 is 0.903 bits per heavy atom. The Labute approximate surface area is 182 Å². The van der Waals surface area contributed by atoms with Gasteiger partial charge in [0.25, 0.3) is 0 Å². The van der Waals surface area contributed by atoms with E-state index in [-0.39, 0.29) is 6.04 Å². The summed E-state index contributed by atoms with van der Waals surface area (Å²) in [7, 11) is 3.46. The molecular formula is C27H26N2O2. The van der Waals surface area contributed by atoms with E-state index < -0.39 is 0 Å². The zero-order chi connectivity index (χ0) is 20.9. The van der Waals surface area contributed by atoms with Crippen LogP contribution in [0.15, 0.2) is 66.7 Å². The Morgan fingerprint density at radius 2 is 1.68 bits per heavy atom. The highest BCUT2D eigenvalue weighted by molar-refractivity contribution is 5.85. The van der Waals surface area contributed by atoms with Crippen LogP contribution in [-0.2, 0) is 12.8 Å². The molecule has 2 unspecified atom stereocenters. The quantitative estimate of drug-likeness (QED) is 0.489. The summed E-state index contributed by atoms with van der Waals surface area (Å²) in [5, 5.41) is 1.34. The molecular weight excluding hydrogens is 384 g/mol. The summed E-state index contributed by atoms with van der Waals surface area (Å²) < 4.78 is 10.9. The number of nitrogens with zero attached hydrogens (tertiary/aromatic N) is 1. The van der Waals surface area contributed by atoms with Crippen LogP contribution in [0.4, 0.5) is 0 Å². The molecule has 31 heavy (non-hydrogen) atoms. The average Bonchev–Trinajstić information content (AvgIpc) is 3.20. The third kappa shape index (κ3) is 2.86. The number of hydrogen-bond acceptors (Lipinski definition) is 3. The number of para-hydroxylation sites is 1. The zero-order valence-electron chi connectivity index (χ0n) is 17.9. The number of nitrogens with one attached hydrogen (secondary N) is 1. The van der Waals surface area contributed by atoms with Crippen molar-refractivity contribution < 1.29 is 9.47 Å². The van der Waals surface area contributed by atoms with Gasteiger partial charge in [-0.25, -0.2) is 0 Å². The molecule has 1 aromatic heterocycles. The lowest BCUT2D eigenvalue weighted by Crippen LogP contribution is -2.43. The SMILES string of the molecule is COc1ccc(C2c3[nH]c4ccccc4c3CC3c4ccc(OC)cc4CCN32)cc1. The number of ether oxygens (including phenoxy) is 2. The van der Waals surface area contributed by atoms with Gasteiger partial charge in [0.2, 0.25) is 0 Å². The molecule has 2 atom stereocenters. The molecule has 4 nitrogen and oxygen atoms in total. The van der Waals surface area contributed by atoms with E-state index in [1.54, 1.807) is 14.2 Å². The largest absolute Gasteiger partial charge is 0.497 e. The van der Waals surface area contributed by atoms with E-state index in [1.807, 2.05) is 0 Å². The molecule has 0 bridgehead atoms. The fourth-order valence-electron chi connectivity index (χ4n) is 5.55. The summed E-state index contributed by atoms with van der Waals surface area (Å²) in [6.45, 7) is 1.02. The van der Waals surface area contributed by atoms with Gasteiger partial charge in [0.1, 0.15) is 11.5 Å². The van der Waals surface area contributed by atoms with Crippen molar-refractivity contribution in [3.05, 3.63) is 94.7 Å². The number of methoxy groups -OCH3 is 2. The molecule has 0 aliphatic carbocycles. The van der Waals surface area contributed by atoms with Crippen molar-refractivity contribution in [2.45, 2.75) is 24.9 Å². The van der Waals surface area contributed by atoms with Gasteiger partial charge < -0.3 is 14.5 Å². The van der Waals surface area contributed by atoms with Crippen molar-refractivity contribution in [3.63, 3.8) is 0 Å². The number of rotatable bonds is 3. The fraction of sp³-hybridized carbons (Fsp3) is 0.259. The van der Waals surface area contributed by atoms with Crippen LogP contribution < -0.4 is 9.47 Å². The molecule has 1 N–H and O–H groups in total. The van der Waals surface area contributed by atoms with Crippen molar-refractivity contribution in [1.82, 2.24) is 9.88 Å². The maximum absolute atomic E-state index is 5.50. The van der Waals surface area contributed by atoms with Gasteiger partial charge >= 0.3 is 0 Å². The Balaban J connectivity index is 1.54. The van der Waals surface area contributed by atoms with E-state index in [0.717, 1.165) is 30.9 Å². The first-order chi connectivity index (χ1) is 15.3. The molecule has 0 spiro atoms. The third-order valence-corrected chi connectivity index (χ3v) is 7.03. The molecule has 2 aliphatic heterocycles. The van der Waals surface area contributed by atoms with Crippen molar-refractivity contribution >= 4 is 10.9 Å². The van der Waals surface area contributed by atoms with E-state index in [1.165, 1.54) is 38.9 Å². The molecule has 0 radical (unpaired) electrons. The highest BCUT2D eigenvalue weighted by atomic mass is 16.5. The Hall–Kier alpha value is -3.24. The summed E-state index contributed by atoms with van der Waals surface area (Å²) >= 11 is 0. The van der Waals surface area contributed by atoms with Gasteiger partial charge in [-0.1, -0.05) is 36.4 Å². The van der Waals surface area contributed by atoms with Gasteiger partial charge in [0.15, 0.2) is 0 Å². The topological polar surface area (TPSA) is 37.5 Å². The fourth-order valence-corrected chi connectivity index (χ4v) is 5.55. The van der Waals surface area contributed by atoms with Crippen LogP contribution in [0.1, 0.15) is 40.0 Å². The van der Waals surface area contributed by atoms with Crippen LogP contribution in [0.3, 0.4) is 0 Å². The molecule has 156 valence electrons. The van der Waals surface area contributed by atoms with Crippen molar-refractivity contribution in [1.29, 1.82) is 0 Å². The number of aromatic amines is 1. The van der Waals surface area contributed by atoms with E-state index >= 15 is 0 Å². The van der Waals surface area contributed by atoms with Crippen LogP contribution in [0.2, 0.25) is 0 Å². The number of aromatic nitrogens is 1. The normalized spacial score (nSPS) is 20.1. The first-order valence-corrected chi connectivity index (χ1v) is 10.9. The highest BCUT2D eigenvalue weighted by Crippen LogP contribution is 2.48. The molecule has 2 aliphatic rings. The second-order valence-corrected chi connectivity index (χ2v) is 8.51. The van der Waals surface area contributed by atoms with E-state index in [4.69, 9.17) is 9.47 Å². The minimum Gasteiger partial charge on any atom is -0.497 e.